The topological polar surface area (TPSA) is 127 Å². The van der Waals surface area contributed by atoms with Crippen LogP contribution >= 0.6 is 0 Å². The fourth-order valence-electron chi connectivity index (χ4n) is 12.7. The molecule has 0 amide bonds. The Hall–Kier alpha value is -0.830. The third kappa shape index (κ3) is 4.31. The van der Waals surface area contributed by atoms with Gasteiger partial charge < -0.3 is 30.3 Å². The number of hydrogen-bond acceptors (Lipinski definition) is 7. The zero-order valence-corrected chi connectivity index (χ0v) is 28.3. The van der Waals surface area contributed by atoms with Crippen molar-refractivity contribution in [1.29, 1.82) is 0 Å². The maximum Gasteiger partial charge on any atom is 0.142 e. The number of ether oxygens (including phenoxy) is 1. The van der Waals surface area contributed by atoms with Gasteiger partial charge in [-0.05, 0) is 109 Å². The summed E-state index contributed by atoms with van der Waals surface area (Å²) < 4.78 is 5.85. The second kappa shape index (κ2) is 10.8. The zero-order valence-electron chi connectivity index (χ0n) is 28.3. The molecule has 5 N–H and O–H groups in total. The second-order valence-electron chi connectivity index (χ2n) is 17.7. The Morgan fingerprint density at radius 2 is 1.52 bits per heavy atom. The molecule has 0 aromatic carbocycles. The van der Waals surface area contributed by atoms with Crippen LogP contribution in [0.2, 0.25) is 0 Å². The minimum Gasteiger partial charge on any atom is -0.394 e. The van der Waals surface area contributed by atoms with E-state index in [1.807, 2.05) is 0 Å². The van der Waals surface area contributed by atoms with Crippen molar-refractivity contribution in [3.05, 3.63) is 11.6 Å². The molecule has 6 aliphatic rings. The molecular weight excluding hydrogens is 556 g/mol. The van der Waals surface area contributed by atoms with Gasteiger partial charge in [0, 0.05) is 11.8 Å². The Kier molecular flexibility index (Phi) is 8.16. The van der Waals surface area contributed by atoms with Crippen LogP contribution < -0.4 is 0 Å². The molecule has 7 nitrogen and oxygen atoms in total. The molecule has 0 radical (unpaired) electrons. The van der Waals surface area contributed by atoms with Crippen molar-refractivity contribution in [3.63, 3.8) is 0 Å². The van der Waals surface area contributed by atoms with Gasteiger partial charge in [-0.1, -0.05) is 60.1 Å². The fraction of sp³-hybridized carbons (Fsp3) is 0.919. The monoisotopic (exact) mass is 616 g/mol. The number of rotatable bonds is 4. The summed E-state index contributed by atoms with van der Waals surface area (Å²) in [5.41, 5.74) is 1.10. The number of aliphatic hydroxyl groups excluding tert-OH is 5. The van der Waals surface area contributed by atoms with Crippen molar-refractivity contribution >= 4 is 5.78 Å². The summed E-state index contributed by atoms with van der Waals surface area (Å²) in [5, 5.41) is 52.4. The fourth-order valence-corrected chi connectivity index (χ4v) is 12.7. The molecule has 15 atom stereocenters. The van der Waals surface area contributed by atoms with Crippen LogP contribution in [0, 0.1) is 56.7 Å². The lowest BCUT2D eigenvalue weighted by molar-refractivity contribution is -0.231. The average molecular weight is 617 g/mol. The summed E-state index contributed by atoms with van der Waals surface area (Å²) in [6.07, 6.45) is 4.86. The zero-order chi connectivity index (χ0) is 32.2. The minimum atomic E-state index is -1.47. The van der Waals surface area contributed by atoms with Crippen molar-refractivity contribution in [2.75, 3.05) is 6.61 Å². The largest absolute Gasteiger partial charge is 0.394 e. The van der Waals surface area contributed by atoms with E-state index in [9.17, 15) is 30.3 Å². The highest BCUT2D eigenvalue weighted by Gasteiger charge is 2.69. The Balaban J connectivity index is 1.36. The van der Waals surface area contributed by atoms with E-state index >= 15 is 0 Å². The van der Waals surface area contributed by atoms with Gasteiger partial charge in [-0.2, -0.15) is 0 Å². The van der Waals surface area contributed by atoms with Gasteiger partial charge in [0.2, 0.25) is 0 Å². The third-order valence-electron chi connectivity index (χ3n) is 15.9. The first kappa shape index (κ1) is 33.1. The number of hydrogen-bond donors (Lipinski definition) is 5. The van der Waals surface area contributed by atoms with Gasteiger partial charge in [-0.15, -0.1) is 0 Å². The predicted octanol–water partition coefficient (Wildman–Crippen LogP) is 4.81. The lowest BCUT2D eigenvalue weighted by Gasteiger charge is -2.71. The van der Waals surface area contributed by atoms with Crippen LogP contribution in [-0.2, 0) is 9.53 Å². The van der Waals surface area contributed by atoms with Crippen LogP contribution in [0.25, 0.3) is 0 Å². The molecular formula is C37H60O7. The van der Waals surface area contributed by atoms with Crippen LogP contribution in [0.5, 0.6) is 0 Å². The van der Waals surface area contributed by atoms with Gasteiger partial charge in [0.15, 0.2) is 0 Å². The molecule has 5 unspecified atom stereocenters. The first-order valence-corrected chi connectivity index (χ1v) is 17.7. The Labute approximate surface area is 264 Å². The molecule has 1 heterocycles. The Morgan fingerprint density at radius 1 is 0.841 bits per heavy atom. The quantitative estimate of drug-likeness (QED) is 0.287. The number of ketones is 1. The number of carbonyl (C=O) groups excluding carboxylic acids is 1. The minimum absolute atomic E-state index is 0.0208. The van der Waals surface area contributed by atoms with E-state index in [0.717, 1.165) is 57.8 Å². The lowest BCUT2D eigenvalue weighted by atomic mass is 9.33. The summed E-state index contributed by atoms with van der Waals surface area (Å²) in [7, 11) is 0. The number of Topliss-reactive ketones (excluding diaryl/α,β-unsaturated/α-hetero) is 1. The van der Waals surface area contributed by atoms with Crippen molar-refractivity contribution in [1.82, 2.24) is 0 Å². The first-order valence-electron chi connectivity index (χ1n) is 17.7. The number of allylic oxidation sites excluding steroid dienone is 2. The molecule has 4 saturated carbocycles. The van der Waals surface area contributed by atoms with Crippen molar-refractivity contribution in [2.45, 2.75) is 149 Å². The molecule has 6 rings (SSSR count). The molecule has 44 heavy (non-hydrogen) atoms. The molecule has 0 aromatic heterocycles. The number of fused-ring (bicyclic) bond motifs is 7. The summed E-state index contributed by atoms with van der Waals surface area (Å²) in [4.78, 5) is 14.6. The van der Waals surface area contributed by atoms with Crippen molar-refractivity contribution in [3.8, 4) is 0 Å². The summed E-state index contributed by atoms with van der Waals surface area (Å²) >= 11 is 0. The molecule has 1 aliphatic heterocycles. The van der Waals surface area contributed by atoms with E-state index in [2.05, 4.69) is 54.5 Å². The van der Waals surface area contributed by atoms with Crippen LogP contribution in [0.1, 0.15) is 113 Å². The van der Waals surface area contributed by atoms with Gasteiger partial charge in [0.25, 0.3) is 0 Å². The standard InChI is InChI=1S/C37H60O7/c1-20-10-15-37(28(40)18-23-30(41)32(43)31(42)24(19-38)44-23)17-16-35(6)22(29(37)21(20)2)8-9-26-34(5)13-12-27(39)33(3,4)25(34)11-14-36(26,35)7/h8,20-21,23-27,29-32,38-39,41-43H,9-19H2,1-7H3/t20-,21+,23-,24?,25?,26?,27+,29?,30-,31+,32?,34+,35-,36-,37-/m1/s1. The van der Waals surface area contributed by atoms with Gasteiger partial charge >= 0.3 is 0 Å². The smallest absolute Gasteiger partial charge is 0.142 e. The second-order valence-corrected chi connectivity index (χ2v) is 17.7. The van der Waals surface area contributed by atoms with Crippen molar-refractivity contribution in [2.24, 2.45) is 56.7 Å². The summed E-state index contributed by atoms with van der Waals surface area (Å²) in [5.74, 6) is 2.07. The van der Waals surface area contributed by atoms with Gasteiger partial charge in [0.05, 0.1) is 18.8 Å². The highest BCUT2D eigenvalue weighted by molar-refractivity contribution is 5.87. The van der Waals surface area contributed by atoms with Crippen molar-refractivity contribution < 1.29 is 35.1 Å². The van der Waals surface area contributed by atoms with E-state index < -0.39 is 42.5 Å². The molecule has 250 valence electrons. The van der Waals surface area contributed by atoms with E-state index in [0.29, 0.717) is 23.7 Å². The van der Waals surface area contributed by atoms with E-state index in [1.54, 1.807) is 0 Å². The molecule has 0 aromatic rings. The molecule has 7 heteroatoms. The number of aliphatic hydroxyl groups is 5. The van der Waals surface area contributed by atoms with Crippen LogP contribution in [0.4, 0.5) is 0 Å². The van der Waals surface area contributed by atoms with Gasteiger partial charge in [-0.3, -0.25) is 4.79 Å². The molecule has 5 aliphatic carbocycles. The molecule has 0 spiro atoms. The van der Waals surface area contributed by atoms with Gasteiger partial charge in [-0.25, -0.2) is 0 Å². The molecule has 5 fully saturated rings. The van der Waals surface area contributed by atoms with Gasteiger partial charge in [0.1, 0.15) is 30.2 Å². The highest BCUT2D eigenvalue weighted by Crippen LogP contribution is 2.76. The highest BCUT2D eigenvalue weighted by atomic mass is 16.5. The van der Waals surface area contributed by atoms with E-state index in [4.69, 9.17) is 4.74 Å². The summed E-state index contributed by atoms with van der Waals surface area (Å²) in [6.45, 7) is 16.4. The first-order chi connectivity index (χ1) is 20.5. The maximum absolute atomic E-state index is 14.6. The maximum atomic E-state index is 14.6. The Morgan fingerprint density at radius 3 is 2.20 bits per heavy atom. The van der Waals surface area contributed by atoms with Crippen LogP contribution in [0.3, 0.4) is 0 Å². The van der Waals surface area contributed by atoms with E-state index in [1.165, 1.54) is 5.57 Å². The normalized spacial score (nSPS) is 55.1. The summed E-state index contributed by atoms with van der Waals surface area (Å²) in [6, 6.07) is 0. The average Bonchev–Trinajstić information content (AvgIpc) is 2.97. The molecule has 0 bridgehead atoms. The van der Waals surface area contributed by atoms with E-state index in [-0.39, 0.29) is 45.9 Å². The SMILES string of the molecule is C[C@@H]1CC[C@]2(C(=O)C[C@H]3OC(CO)[C@H](O)C(O)[C@@H]3O)CC[C@]3(C)C(=CCC4[C@@]5(C)CC[C@H](O)C(C)(C)C5CC[C@]43C)C2[C@H]1C. The number of carbonyl (C=O) groups is 1. The Bertz CT molecular complexity index is 1160. The predicted molar refractivity (Wildman–Crippen MR) is 168 cm³/mol. The molecule has 1 saturated heterocycles. The third-order valence-corrected chi connectivity index (χ3v) is 15.9. The van der Waals surface area contributed by atoms with Crippen LogP contribution in [0.15, 0.2) is 11.6 Å². The van der Waals surface area contributed by atoms with Crippen LogP contribution in [-0.4, -0.2) is 74.5 Å². The lowest BCUT2D eigenvalue weighted by Crippen LogP contribution is -2.65.